The fraction of sp³-hybridized carbons (Fsp3) is 0.375. The maximum atomic E-state index is 14.9. The fourth-order valence-corrected chi connectivity index (χ4v) is 3.56. The van der Waals surface area contributed by atoms with E-state index < -0.39 is 70.6 Å². The minimum Gasteiger partial charge on any atom is -0.294 e. The van der Waals surface area contributed by atoms with Gasteiger partial charge in [0.1, 0.15) is 11.7 Å². The van der Waals surface area contributed by atoms with Crippen molar-refractivity contribution in [1.82, 2.24) is 0 Å². The molecule has 2 rings (SSSR count). The zero-order valence-corrected chi connectivity index (χ0v) is 19.6. The summed E-state index contributed by atoms with van der Waals surface area (Å²) in [6, 6.07) is 3.31. The molecule has 2 aromatic carbocycles. The molecule has 0 saturated heterocycles. The van der Waals surface area contributed by atoms with Gasteiger partial charge in [0.25, 0.3) is 0 Å². The lowest BCUT2D eigenvalue weighted by Crippen LogP contribution is -2.24. The Bertz CT molecular complexity index is 1140. The Hall–Kier alpha value is -2.56. The molecule has 12 heteroatoms. The molecule has 36 heavy (non-hydrogen) atoms. The van der Waals surface area contributed by atoms with E-state index in [1.165, 1.54) is 13.8 Å². The van der Waals surface area contributed by atoms with Crippen LogP contribution in [-0.4, -0.2) is 18.1 Å². The largest absolute Gasteiger partial charge is 0.417 e. The molecule has 0 N–H and O–H groups in total. The van der Waals surface area contributed by atoms with E-state index in [2.05, 4.69) is 0 Å². The van der Waals surface area contributed by atoms with Gasteiger partial charge in [0, 0.05) is 22.6 Å². The summed E-state index contributed by atoms with van der Waals surface area (Å²) in [5.41, 5.74) is -3.70. The Morgan fingerprint density at radius 1 is 0.917 bits per heavy atom. The van der Waals surface area contributed by atoms with Gasteiger partial charge in [-0.3, -0.25) is 4.79 Å². The topological polar surface area (TPSA) is 17.1 Å². The lowest BCUT2D eigenvalue weighted by Gasteiger charge is -2.20. The standard InChI is InChI=1S/C24H19ClF10O/c1-11-6-15(7-12(2)21(11)25)17(23(30,31)32)10-19(26)14-4-5-16(18(9-14)24(33,34)35)20(36)8-13(3)22(27,28)29/h4-7,9-10,13,17H,8H2,1-3H3/b19-10-. The predicted octanol–water partition coefficient (Wildman–Crippen LogP) is 9.40. The van der Waals surface area contributed by atoms with Crippen LogP contribution in [0.5, 0.6) is 0 Å². The number of Topliss-reactive ketones (excluding diaryl/α,β-unsaturated/α-hetero) is 1. The summed E-state index contributed by atoms with van der Waals surface area (Å²) in [4.78, 5) is 12.2. The SMILES string of the molecule is Cc1cc(C(/C=C(\F)c2ccc(C(=O)CC(C)C(F)(F)F)c(C(F)(F)F)c2)C(F)(F)F)cc(C)c1Cl. The number of halogens is 11. The van der Waals surface area contributed by atoms with Gasteiger partial charge in [-0.15, -0.1) is 0 Å². The van der Waals surface area contributed by atoms with Crippen LogP contribution in [0, 0.1) is 19.8 Å². The molecule has 0 fully saturated rings. The number of hydrogen-bond donors (Lipinski definition) is 0. The number of aryl methyl sites for hydroxylation is 2. The zero-order valence-electron chi connectivity index (χ0n) is 18.9. The number of alkyl halides is 9. The minimum atomic E-state index is -5.30. The molecule has 0 aliphatic rings. The van der Waals surface area contributed by atoms with E-state index in [4.69, 9.17) is 11.6 Å². The van der Waals surface area contributed by atoms with Crippen LogP contribution < -0.4 is 0 Å². The second-order valence-corrected chi connectivity index (χ2v) is 8.71. The van der Waals surface area contributed by atoms with Gasteiger partial charge in [-0.2, -0.15) is 39.5 Å². The first-order valence-corrected chi connectivity index (χ1v) is 10.6. The first-order chi connectivity index (χ1) is 16.2. The number of carbonyl (C=O) groups excluding carboxylic acids is 1. The normalized spacial score (nSPS) is 15.1. The number of ketones is 1. The van der Waals surface area contributed by atoms with Gasteiger partial charge in [0.2, 0.25) is 0 Å². The van der Waals surface area contributed by atoms with Crippen molar-refractivity contribution >= 4 is 23.2 Å². The van der Waals surface area contributed by atoms with Gasteiger partial charge < -0.3 is 0 Å². The van der Waals surface area contributed by atoms with Gasteiger partial charge in [-0.05, 0) is 42.7 Å². The van der Waals surface area contributed by atoms with Gasteiger partial charge in [0.15, 0.2) is 5.78 Å². The summed E-state index contributed by atoms with van der Waals surface area (Å²) in [6.45, 7) is 3.47. The van der Waals surface area contributed by atoms with E-state index in [1.807, 2.05) is 0 Å². The molecule has 2 unspecified atom stereocenters. The van der Waals surface area contributed by atoms with Crippen molar-refractivity contribution in [2.24, 2.45) is 5.92 Å². The summed E-state index contributed by atoms with van der Waals surface area (Å²) in [5, 5.41) is 0.194. The molecular formula is C24H19ClF10O. The molecule has 0 radical (unpaired) electrons. The molecule has 2 aromatic rings. The molecule has 0 aliphatic heterocycles. The minimum absolute atomic E-state index is 0.0881. The molecule has 0 aromatic heterocycles. The molecule has 0 bridgehead atoms. The van der Waals surface area contributed by atoms with Crippen LogP contribution in [0.25, 0.3) is 5.83 Å². The average Bonchev–Trinajstić information content (AvgIpc) is 2.72. The number of allylic oxidation sites excluding steroid dienone is 1. The molecule has 0 amide bonds. The lowest BCUT2D eigenvalue weighted by molar-refractivity contribution is -0.168. The maximum Gasteiger partial charge on any atom is 0.417 e. The van der Waals surface area contributed by atoms with Crippen molar-refractivity contribution in [3.63, 3.8) is 0 Å². The monoisotopic (exact) mass is 548 g/mol. The van der Waals surface area contributed by atoms with E-state index in [-0.39, 0.29) is 28.3 Å². The summed E-state index contributed by atoms with van der Waals surface area (Å²) >= 11 is 5.96. The molecule has 0 heterocycles. The third kappa shape index (κ3) is 7.02. The van der Waals surface area contributed by atoms with Crippen molar-refractivity contribution in [2.45, 2.75) is 51.6 Å². The molecule has 1 nitrogen and oxygen atoms in total. The Morgan fingerprint density at radius 2 is 1.44 bits per heavy atom. The second kappa shape index (κ2) is 10.4. The van der Waals surface area contributed by atoms with Crippen molar-refractivity contribution in [3.8, 4) is 0 Å². The van der Waals surface area contributed by atoms with Gasteiger partial charge in [-0.25, -0.2) is 4.39 Å². The quantitative estimate of drug-likeness (QED) is 0.260. The van der Waals surface area contributed by atoms with Crippen LogP contribution in [0.3, 0.4) is 0 Å². The van der Waals surface area contributed by atoms with Gasteiger partial charge in [0.05, 0.1) is 11.5 Å². The van der Waals surface area contributed by atoms with Crippen LogP contribution in [0.4, 0.5) is 43.9 Å². The Labute approximate surface area is 204 Å². The van der Waals surface area contributed by atoms with Gasteiger partial charge >= 0.3 is 18.5 Å². The maximum absolute atomic E-state index is 14.9. The molecule has 0 saturated carbocycles. The Kier molecular flexibility index (Phi) is 8.60. The average molecular weight is 549 g/mol. The summed E-state index contributed by atoms with van der Waals surface area (Å²) < 4.78 is 135. The van der Waals surface area contributed by atoms with E-state index in [0.29, 0.717) is 19.1 Å². The first-order valence-electron chi connectivity index (χ1n) is 10.3. The number of rotatable bonds is 6. The number of benzene rings is 2. The number of hydrogen-bond acceptors (Lipinski definition) is 1. The predicted molar refractivity (Wildman–Crippen MR) is 114 cm³/mol. The zero-order chi connectivity index (χ0) is 27.8. The van der Waals surface area contributed by atoms with Gasteiger partial charge in [-0.1, -0.05) is 42.8 Å². The fourth-order valence-electron chi connectivity index (χ4n) is 3.46. The number of carbonyl (C=O) groups is 1. The highest BCUT2D eigenvalue weighted by Crippen LogP contribution is 2.41. The summed E-state index contributed by atoms with van der Waals surface area (Å²) in [6.07, 6.45) is -16.4. The summed E-state index contributed by atoms with van der Waals surface area (Å²) in [5.74, 6) is -7.96. The molecule has 198 valence electrons. The highest BCUT2D eigenvalue weighted by atomic mass is 35.5. The molecule has 2 atom stereocenters. The first kappa shape index (κ1) is 29.7. The second-order valence-electron chi connectivity index (χ2n) is 8.33. The van der Waals surface area contributed by atoms with Crippen LogP contribution >= 0.6 is 11.6 Å². The van der Waals surface area contributed by atoms with E-state index in [1.54, 1.807) is 0 Å². The molecule has 0 spiro atoms. The van der Waals surface area contributed by atoms with Crippen molar-refractivity contribution in [1.29, 1.82) is 0 Å². The highest BCUT2D eigenvalue weighted by molar-refractivity contribution is 6.32. The third-order valence-corrected chi connectivity index (χ3v) is 6.03. The smallest absolute Gasteiger partial charge is 0.294 e. The van der Waals surface area contributed by atoms with Crippen LogP contribution in [0.1, 0.15) is 57.4 Å². The summed E-state index contributed by atoms with van der Waals surface area (Å²) in [7, 11) is 0. The third-order valence-electron chi connectivity index (χ3n) is 5.44. The van der Waals surface area contributed by atoms with E-state index >= 15 is 0 Å². The van der Waals surface area contributed by atoms with Crippen molar-refractivity contribution in [3.05, 3.63) is 74.8 Å². The van der Waals surface area contributed by atoms with Crippen LogP contribution in [0.2, 0.25) is 5.02 Å². The molecule has 0 aliphatic carbocycles. The lowest BCUT2D eigenvalue weighted by atomic mass is 9.92. The van der Waals surface area contributed by atoms with E-state index in [9.17, 15) is 48.7 Å². The Balaban J connectivity index is 2.57. The van der Waals surface area contributed by atoms with E-state index in [0.717, 1.165) is 12.1 Å². The van der Waals surface area contributed by atoms with Crippen molar-refractivity contribution < 1.29 is 48.7 Å². The molecular weight excluding hydrogens is 530 g/mol. The Morgan fingerprint density at radius 3 is 1.89 bits per heavy atom. The van der Waals surface area contributed by atoms with Crippen LogP contribution in [0.15, 0.2) is 36.4 Å². The van der Waals surface area contributed by atoms with Crippen LogP contribution in [-0.2, 0) is 6.18 Å². The highest BCUT2D eigenvalue weighted by Gasteiger charge is 2.42. The van der Waals surface area contributed by atoms with Crippen molar-refractivity contribution in [2.75, 3.05) is 0 Å².